The van der Waals surface area contributed by atoms with Crippen LogP contribution >= 0.6 is 0 Å². The predicted molar refractivity (Wildman–Crippen MR) is 108 cm³/mol. The average Bonchev–Trinajstić information content (AvgIpc) is 2.70. The van der Waals surface area contributed by atoms with Crippen LogP contribution in [0.1, 0.15) is 68.6 Å². The molecule has 0 fully saturated rings. The Labute approximate surface area is 157 Å². The molecule has 0 aliphatic heterocycles. The average molecular weight is 354 g/mol. The summed E-state index contributed by atoms with van der Waals surface area (Å²) >= 11 is 0. The van der Waals surface area contributed by atoms with Gasteiger partial charge in [-0.3, -0.25) is 0 Å². The molecule has 2 aromatic rings. The van der Waals surface area contributed by atoms with E-state index in [0.29, 0.717) is 11.6 Å². The van der Waals surface area contributed by atoms with Crippen molar-refractivity contribution >= 4 is 5.71 Å². The van der Waals surface area contributed by atoms with Gasteiger partial charge in [-0.25, -0.2) is 0 Å². The van der Waals surface area contributed by atoms with Crippen LogP contribution in [0, 0.1) is 0 Å². The third-order valence-corrected chi connectivity index (χ3v) is 5.03. The zero-order valence-electron chi connectivity index (χ0n) is 16.2. The van der Waals surface area contributed by atoms with Crippen molar-refractivity contribution in [2.24, 2.45) is 5.16 Å². The molecule has 2 rings (SSSR count). The summed E-state index contributed by atoms with van der Waals surface area (Å²) in [5.41, 5.74) is 3.86. The molecule has 0 bridgehead atoms. The molecule has 3 heteroatoms. The normalized spacial score (nSPS) is 14.2. The van der Waals surface area contributed by atoms with Gasteiger partial charge in [-0.1, -0.05) is 79.5 Å². The van der Waals surface area contributed by atoms with Gasteiger partial charge in [-0.2, -0.15) is 0 Å². The lowest BCUT2D eigenvalue weighted by Crippen LogP contribution is -2.13. The van der Waals surface area contributed by atoms with Crippen LogP contribution in [-0.4, -0.2) is 24.1 Å². The first-order valence-corrected chi connectivity index (χ1v) is 9.60. The molecule has 2 atom stereocenters. The molecule has 0 amide bonds. The van der Waals surface area contributed by atoms with Crippen LogP contribution in [-0.2, 0) is 4.74 Å². The molecule has 0 aliphatic rings. The smallest absolute Gasteiger partial charge is 0.117 e. The predicted octanol–water partition coefficient (Wildman–Crippen LogP) is 6.00. The van der Waals surface area contributed by atoms with E-state index < -0.39 is 0 Å². The largest absolute Gasteiger partial charge is 0.410 e. The molecule has 2 unspecified atom stereocenters. The molecular weight excluding hydrogens is 322 g/mol. The van der Waals surface area contributed by atoms with Crippen molar-refractivity contribution in [2.45, 2.75) is 58.0 Å². The number of nitrogens with zero attached hydrogens (tertiary/aromatic N) is 1. The number of oxime groups is 1. The van der Waals surface area contributed by atoms with Crippen LogP contribution in [0.25, 0.3) is 0 Å². The van der Waals surface area contributed by atoms with Gasteiger partial charge in [0.1, 0.15) is 5.71 Å². The monoisotopic (exact) mass is 353 g/mol. The molecule has 2 aromatic carbocycles. The van der Waals surface area contributed by atoms with Gasteiger partial charge in [0.2, 0.25) is 0 Å². The van der Waals surface area contributed by atoms with E-state index in [-0.39, 0.29) is 6.10 Å². The lowest BCUT2D eigenvalue weighted by molar-refractivity contribution is 0.107. The van der Waals surface area contributed by atoms with Crippen molar-refractivity contribution in [3.63, 3.8) is 0 Å². The third kappa shape index (κ3) is 5.43. The maximum Gasteiger partial charge on any atom is 0.117 e. The summed E-state index contributed by atoms with van der Waals surface area (Å²) < 4.78 is 5.45. The zero-order valence-corrected chi connectivity index (χ0v) is 16.2. The summed E-state index contributed by atoms with van der Waals surface area (Å²) in [5, 5.41) is 13.4. The third-order valence-electron chi connectivity index (χ3n) is 5.03. The molecule has 0 radical (unpaired) electrons. The number of unbranched alkanes of at least 4 members (excludes halogenated alkanes) is 1. The van der Waals surface area contributed by atoms with Crippen LogP contribution in [0.4, 0.5) is 0 Å². The fraction of sp³-hybridized carbons (Fsp3) is 0.435. The van der Waals surface area contributed by atoms with Gasteiger partial charge >= 0.3 is 0 Å². The molecule has 3 nitrogen and oxygen atoms in total. The van der Waals surface area contributed by atoms with E-state index >= 15 is 0 Å². The first-order valence-electron chi connectivity index (χ1n) is 9.60. The van der Waals surface area contributed by atoms with E-state index in [0.717, 1.165) is 30.4 Å². The maximum absolute atomic E-state index is 9.74. The maximum atomic E-state index is 9.74. The van der Waals surface area contributed by atoms with Crippen molar-refractivity contribution in [1.82, 2.24) is 0 Å². The lowest BCUT2D eigenvalue weighted by atomic mass is 9.84. The molecule has 140 valence electrons. The molecule has 0 heterocycles. The molecule has 1 N–H and O–H groups in total. The number of hydrogen-bond donors (Lipinski definition) is 1. The molecule has 0 aromatic heterocycles. The van der Waals surface area contributed by atoms with Crippen LogP contribution in [0.5, 0.6) is 0 Å². The Bertz CT molecular complexity index is 682. The summed E-state index contributed by atoms with van der Waals surface area (Å²) in [5.74, 6) is 0.434. The van der Waals surface area contributed by atoms with E-state index in [2.05, 4.69) is 37.2 Å². The highest BCUT2D eigenvalue weighted by molar-refractivity contribution is 6.13. The van der Waals surface area contributed by atoms with Crippen molar-refractivity contribution in [2.75, 3.05) is 7.11 Å². The van der Waals surface area contributed by atoms with Gasteiger partial charge in [-0.05, 0) is 37.7 Å². The Balaban J connectivity index is 2.36. The standard InChI is InChI=1S/C23H31NO2/c1-4-5-11-19(17-16-18(2)26-3)21-14-9-10-15-22(21)23(24-25)20-12-7-6-8-13-20/h6-10,12-15,18-19,25H,4-5,11,16-17H2,1-3H3. The topological polar surface area (TPSA) is 41.8 Å². The summed E-state index contributed by atoms with van der Waals surface area (Å²) in [6, 6.07) is 18.2. The van der Waals surface area contributed by atoms with Gasteiger partial charge in [0.05, 0.1) is 6.10 Å². The molecular formula is C23H31NO2. The first-order chi connectivity index (χ1) is 12.7. The summed E-state index contributed by atoms with van der Waals surface area (Å²) in [6.07, 6.45) is 5.86. The Hall–Kier alpha value is -2.13. The zero-order chi connectivity index (χ0) is 18.8. The number of benzene rings is 2. The number of ether oxygens (including phenoxy) is 1. The SMILES string of the molecule is CCCCC(CCC(C)OC)c1ccccc1C(=NO)c1ccccc1. The lowest BCUT2D eigenvalue weighted by Gasteiger charge is -2.22. The Morgan fingerprint density at radius 3 is 2.35 bits per heavy atom. The van der Waals surface area contributed by atoms with Crippen LogP contribution < -0.4 is 0 Å². The number of methoxy groups -OCH3 is 1. The van der Waals surface area contributed by atoms with E-state index in [1.165, 1.54) is 18.4 Å². The van der Waals surface area contributed by atoms with Crippen molar-refractivity contribution in [3.8, 4) is 0 Å². The number of hydrogen-bond acceptors (Lipinski definition) is 3. The first kappa shape index (κ1) is 20.2. The highest BCUT2D eigenvalue weighted by atomic mass is 16.5. The van der Waals surface area contributed by atoms with Crippen molar-refractivity contribution in [3.05, 3.63) is 71.3 Å². The Morgan fingerprint density at radius 2 is 1.69 bits per heavy atom. The second kappa shape index (κ2) is 10.8. The van der Waals surface area contributed by atoms with Gasteiger partial charge in [0, 0.05) is 18.2 Å². The molecule has 0 saturated heterocycles. The second-order valence-corrected chi connectivity index (χ2v) is 6.86. The fourth-order valence-electron chi connectivity index (χ4n) is 3.39. The fourth-order valence-corrected chi connectivity index (χ4v) is 3.39. The van der Waals surface area contributed by atoms with E-state index in [4.69, 9.17) is 4.74 Å². The minimum atomic E-state index is 0.256. The van der Waals surface area contributed by atoms with Crippen LogP contribution in [0.3, 0.4) is 0 Å². The van der Waals surface area contributed by atoms with Gasteiger partial charge in [-0.15, -0.1) is 0 Å². The van der Waals surface area contributed by atoms with E-state index in [9.17, 15) is 5.21 Å². The quantitative estimate of drug-likeness (QED) is 0.323. The summed E-state index contributed by atoms with van der Waals surface area (Å²) in [7, 11) is 1.77. The van der Waals surface area contributed by atoms with Gasteiger partial charge in [0.15, 0.2) is 0 Å². The number of rotatable bonds is 10. The minimum Gasteiger partial charge on any atom is -0.410 e. The highest BCUT2D eigenvalue weighted by Crippen LogP contribution is 2.31. The molecule has 0 spiro atoms. The Morgan fingerprint density at radius 1 is 1.00 bits per heavy atom. The van der Waals surface area contributed by atoms with Crippen molar-refractivity contribution in [1.29, 1.82) is 0 Å². The van der Waals surface area contributed by atoms with Crippen LogP contribution in [0.2, 0.25) is 0 Å². The molecule has 0 saturated carbocycles. The van der Waals surface area contributed by atoms with Gasteiger partial charge < -0.3 is 9.94 Å². The molecule has 0 aliphatic carbocycles. The molecule has 26 heavy (non-hydrogen) atoms. The van der Waals surface area contributed by atoms with Crippen molar-refractivity contribution < 1.29 is 9.94 Å². The Kier molecular flexibility index (Phi) is 8.36. The van der Waals surface area contributed by atoms with E-state index in [1.54, 1.807) is 7.11 Å². The summed E-state index contributed by atoms with van der Waals surface area (Å²) in [4.78, 5) is 0. The minimum absolute atomic E-state index is 0.256. The van der Waals surface area contributed by atoms with E-state index in [1.807, 2.05) is 36.4 Å². The highest BCUT2D eigenvalue weighted by Gasteiger charge is 2.19. The summed E-state index contributed by atoms with van der Waals surface area (Å²) in [6.45, 7) is 4.35. The second-order valence-electron chi connectivity index (χ2n) is 6.86. The van der Waals surface area contributed by atoms with Crippen LogP contribution in [0.15, 0.2) is 59.8 Å². The van der Waals surface area contributed by atoms with Gasteiger partial charge in [0.25, 0.3) is 0 Å².